The summed E-state index contributed by atoms with van der Waals surface area (Å²) >= 11 is 0. The van der Waals surface area contributed by atoms with E-state index >= 15 is 0 Å². The Morgan fingerprint density at radius 2 is 2.18 bits per heavy atom. The van der Waals surface area contributed by atoms with E-state index in [2.05, 4.69) is 4.98 Å². The van der Waals surface area contributed by atoms with E-state index in [1.54, 1.807) is 42.7 Å². The Balaban J connectivity index is 1.78. The van der Waals surface area contributed by atoms with E-state index in [4.69, 9.17) is 4.74 Å². The third kappa shape index (κ3) is 3.03. The zero-order chi connectivity index (χ0) is 15.4. The molecule has 1 amide bonds. The number of anilines is 1. The summed E-state index contributed by atoms with van der Waals surface area (Å²) in [5.74, 6) is -0.127. The van der Waals surface area contributed by atoms with Crippen LogP contribution in [0.1, 0.15) is 15.9 Å². The maximum atomic E-state index is 12.2. The Kier molecular flexibility index (Phi) is 3.96. The largest absolute Gasteiger partial charge is 0.447 e. The number of pyridine rings is 1. The zero-order valence-corrected chi connectivity index (χ0v) is 11.8. The molecule has 5 heteroatoms. The lowest BCUT2D eigenvalue weighted by atomic mass is 10.1. The van der Waals surface area contributed by atoms with Crippen molar-refractivity contribution in [3.63, 3.8) is 0 Å². The van der Waals surface area contributed by atoms with Crippen LogP contribution in [0.15, 0.2) is 54.9 Å². The highest BCUT2D eigenvalue weighted by molar-refractivity contribution is 6.07. The minimum absolute atomic E-state index is 0.127. The lowest BCUT2D eigenvalue weighted by Crippen LogP contribution is -2.23. The van der Waals surface area contributed by atoms with E-state index in [9.17, 15) is 9.59 Å². The number of ether oxygens (including phenoxy) is 1. The van der Waals surface area contributed by atoms with E-state index in [0.717, 1.165) is 5.56 Å². The van der Waals surface area contributed by atoms with E-state index < -0.39 is 0 Å². The molecule has 0 spiro atoms. The number of aromatic nitrogens is 1. The average molecular weight is 294 g/mol. The van der Waals surface area contributed by atoms with Crippen LogP contribution in [0.3, 0.4) is 0 Å². The number of benzene rings is 1. The average Bonchev–Trinajstić information content (AvgIpc) is 3.00. The molecule has 110 valence electrons. The minimum Gasteiger partial charge on any atom is -0.447 e. The van der Waals surface area contributed by atoms with Crippen LogP contribution < -0.4 is 4.90 Å². The molecule has 3 rings (SSSR count). The molecule has 2 heterocycles. The molecule has 0 radical (unpaired) electrons. The van der Waals surface area contributed by atoms with Gasteiger partial charge in [-0.05, 0) is 35.9 Å². The maximum Gasteiger partial charge on any atom is 0.414 e. The number of carbonyl (C=O) groups is 2. The second-order valence-corrected chi connectivity index (χ2v) is 4.80. The summed E-state index contributed by atoms with van der Waals surface area (Å²) in [7, 11) is 0. The van der Waals surface area contributed by atoms with E-state index in [1.165, 1.54) is 11.0 Å². The molecule has 0 unspecified atom stereocenters. The van der Waals surface area contributed by atoms with Crippen molar-refractivity contribution in [2.24, 2.45) is 0 Å². The van der Waals surface area contributed by atoms with Crippen LogP contribution in [0.2, 0.25) is 0 Å². The lowest BCUT2D eigenvalue weighted by molar-refractivity contribution is 0.104. The molecule has 2 aromatic rings. The van der Waals surface area contributed by atoms with Crippen LogP contribution in [0.25, 0.3) is 6.08 Å². The summed E-state index contributed by atoms with van der Waals surface area (Å²) in [6, 6.07) is 10.6. The van der Waals surface area contributed by atoms with Crippen LogP contribution in [-0.4, -0.2) is 30.0 Å². The van der Waals surface area contributed by atoms with Crippen molar-refractivity contribution in [1.29, 1.82) is 0 Å². The predicted octanol–water partition coefficient (Wildman–Crippen LogP) is 2.93. The van der Waals surface area contributed by atoms with E-state index in [0.29, 0.717) is 24.4 Å². The molecule has 5 nitrogen and oxygen atoms in total. The van der Waals surface area contributed by atoms with Crippen LogP contribution in [0.4, 0.5) is 10.5 Å². The van der Waals surface area contributed by atoms with Gasteiger partial charge in [-0.25, -0.2) is 4.79 Å². The van der Waals surface area contributed by atoms with Gasteiger partial charge in [0, 0.05) is 23.6 Å². The number of carbonyl (C=O) groups excluding carboxylic acids is 2. The topological polar surface area (TPSA) is 59.5 Å². The molecule has 1 aliphatic heterocycles. The molecular weight excluding hydrogens is 280 g/mol. The summed E-state index contributed by atoms with van der Waals surface area (Å²) in [5, 5.41) is 0. The molecule has 0 saturated carbocycles. The fourth-order valence-corrected chi connectivity index (χ4v) is 2.20. The Morgan fingerprint density at radius 3 is 2.91 bits per heavy atom. The quantitative estimate of drug-likeness (QED) is 0.642. The highest BCUT2D eigenvalue weighted by Crippen LogP contribution is 2.20. The molecule has 0 aliphatic carbocycles. The Hall–Kier alpha value is -2.95. The molecule has 1 aliphatic rings. The third-order valence-electron chi connectivity index (χ3n) is 3.31. The molecule has 0 N–H and O–H groups in total. The van der Waals surface area contributed by atoms with Crippen molar-refractivity contribution >= 4 is 23.6 Å². The molecule has 1 saturated heterocycles. The van der Waals surface area contributed by atoms with Gasteiger partial charge in [0.25, 0.3) is 0 Å². The van der Waals surface area contributed by atoms with Crippen molar-refractivity contribution in [3.8, 4) is 0 Å². The Bertz CT molecular complexity index is 726. The van der Waals surface area contributed by atoms with Crippen molar-refractivity contribution in [2.45, 2.75) is 0 Å². The highest BCUT2D eigenvalue weighted by Gasteiger charge is 2.23. The van der Waals surface area contributed by atoms with Gasteiger partial charge in [0.1, 0.15) is 6.61 Å². The standard InChI is InChI=1S/C17H14N2O3/c20-16(7-6-13-3-2-8-18-12-13)14-4-1-5-15(11-14)19-9-10-22-17(19)21/h1-8,11-12H,9-10H2/b7-6+. The van der Waals surface area contributed by atoms with Gasteiger partial charge in [-0.3, -0.25) is 14.7 Å². The van der Waals surface area contributed by atoms with Gasteiger partial charge >= 0.3 is 6.09 Å². The van der Waals surface area contributed by atoms with Crippen molar-refractivity contribution in [2.75, 3.05) is 18.1 Å². The number of ketones is 1. The maximum absolute atomic E-state index is 12.2. The fourth-order valence-electron chi connectivity index (χ4n) is 2.20. The first-order valence-corrected chi connectivity index (χ1v) is 6.91. The van der Waals surface area contributed by atoms with Gasteiger partial charge in [0.2, 0.25) is 0 Å². The first-order valence-electron chi connectivity index (χ1n) is 6.91. The number of rotatable bonds is 4. The zero-order valence-electron chi connectivity index (χ0n) is 11.8. The summed E-state index contributed by atoms with van der Waals surface area (Å²) in [5.41, 5.74) is 2.05. The minimum atomic E-state index is -0.379. The molecule has 0 atom stereocenters. The van der Waals surface area contributed by atoms with Gasteiger partial charge in [0.05, 0.1) is 6.54 Å². The fraction of sp³-hybridized carbons (Fsp3) is 0.118. The van der Waals surface area contributed by atoms with Crippen molar-refractivity contribution in [1.82, 2.24) is 4.98 Å². The molecule has 1 aromatic heterocycles. The molecule has 1 aromatic carbocycles. The van der Waals surface area contributed by atoms with Gasteiger partial charge < -0.3 is 4.74 Å². The van der Waals surface area contributed by atoms with Crippen LogP contribution in [-0.2, 0) is 4.74 Å². The van der Waals surface area contributed by atoms with Crippen molar-refractivity contribution < 1.29 is 14.3 Å². The molecule has 0 bridgehead atoms. The number of nitrogens with zero attached hydrogens (tertiary/aromatic N) is 2. The van der Waals surface area contributed by atoms with Gasteiger partial charge in [-0.1, -0.05) is 18.2 Å². The summed E-state index contributed by atoms with van der Waals surface area (Å²) < 4.78 is 4.91. The van der Waals surface area contributed by atoms with Gasteiger partial charge in [0.15, 0.2) is 5.78 Å². The first-order chi connectivity index (χ1) is 10.7. The number of allylic oxidation sites excluding steroid dienone is 1. The predicted molar refractivity (Wildman–Crippen MR) is 82.7 cm³/mol. The summed E-state index contributed by atoms with van der Waals surface area (Å²) in [6.45, 7) is 0.875. The monoisotopic (exact) mass is 294 g/mol. The Labute approximate surface area is 127 Å². The number of hydrogen-bond donors (Lipinski definition) is 0. The van der Waals surface area contributed by atoms with E-state index in [-0.39, 0.29) is 11.9 Å². The van der Waals surface area contributed by atoms with Crippen LogP contribution in [0.5, 0.6) is 0 Å². The molecule has 22 heavy (non-hydrogen) atoms. The van der Waals surface area contributed by atoms with Gasteiger partial charge in [-0.15, -0.1) is 0 Å². The number of hydrogen-bond acceptors (Lipinski definition) is 4. The van der Waals surface area contributed by atoms with Crippen molar-refractivity contribution in [3.05, 3.63) is 66.0 Å². The summed E-state index contributed by atoms with van der Waals surface area (Å²) in [4.78, 5) is 29.3. The lowest BCUT2D eigenvalue weighted by Gasteiger charge is -2.13. The molecular formula is C17H14N2O3. The summed E-state index contributed by atoms with van der Waals surface area (Å²) in [6.07, 6.45) is 6.19. The SMILES string of the molecule is O=C(/C=C/c1cccnc1)c1cccc(N2CCOC2=O)c1. The van der Waals surface area contributed by atoms with Crippen LogP contribution in [0, 0.1) is 0 Å². The molecule has 1 fully saturated rings. The number of cyclic esters (lactones) is 1. The first kappa shape index (κ1) is 14.0. The highest BCUT2D eigenvalue weighted by atomic mass is 16.6. The second kappa shape index (κ2) is 6.22. The third-order valence-corrected chi connectivity index (χ3v) is 3.31. The smallest absolute Gasteiger partial charge is 0.414 e. The van der Waals surface area contributed by atoms with E-state index in [1.807, 2.05) is 12.1 Å². The Morgan fingerprint density at radius 1 is 1.27 bits per heavy atom. The number of amides is 1. The second-order valence-electron chi connectivity index (χ2n) is 4.80. The van der Waals surface area contributed by atoms with Crippen LogP contribution >= 0.6 is 0 Å². The normalized spacial score (nSPS) is 14.4. The van der Waals surface area contributed by atoms with Gasteiger partial charge in [-0.2, -0.15) is 0 Å².